The highest BCUT2D eigenvalue weighted by molar-refractivity contribution is 5.35. The molecule has 2 saturated carbocycles. The second kappa shape index (κ2) is 12.6. The Kier molecular flexibility index (Phi) is 9.88. The Bertz CT molecular complexity index is 739. The van der Waals surface area contributed by atoms with Crippen LogP contribution in [0.1, 0.15) is 108 Å². The standard InChI is InChI=1S/C30H46FN/c1-4-5-7-14-26(24(2)32-3)15-8-6-11-20-30(21-22-30)28-18-19-29(31)27(23-28)17-16-25-12-9-10-13-25/h4-5,18-19,23,25-26,32H,2,6-17,20-22H2,1,3H3/b5-4+. The van der Waals surface area contributed by atoms with Crippen LogP contribution in [-0.2, 0) is 11.8 Å². The fourth-order valence-electron chi connectivity index (χ4n) is 5.78. The molecule has 1 atom stereocenters. The van der Waals surface area contributed by atoms with Gasteiger partial charge in [-0.1, -0.05) is 75.8 Å². The summed E-state index contributed by atoms with van der Waals surface area (Å²) < 4.78 is 14.5. The molecule has 1 aromatic carbocycles. The fraction of sp³-hybridized carbons (Fsp3) is 0.667. The average Bonchev–Trinajstić information content (AvgIpc) is 3.41. The molecule has 32 heavy (non-hydrogen) atoms. The van der Waals surface area contributed by atoms with Gasteiger partial charge in [0.1, 0.15) is 5.82 Å². The molecule has 1 nitrogen and oxygen atoms in total. The third kappa shape index (κ3) is 7.22. The van der Waals surface area contributed by atoms with E-state index >= 15 is 0 Å². The number of nitrogens with one attached hydrogen (secondary N) is 1. The van der Waals surface area contributed by atoms with Crippen molar-refractivity contribution in [1.29, 1.82) is 0 Å². The van der Waals surface area contributed by atoms with Crippen LogP contribution in [-0.4, -0.2) is 7.05 Å². The van der Waals surface area contributed by atoms with Gasteiger partial charge in [-0.25, -0.2) is 4.39 Å². The molecule has 2 aliphatic rings. The minimum Gasteiger partial charge on any atom is -0.392 e. The number of unbranched alkanes of at least 4 members (excludes halogenated alkanes) is 2. The van der Waals surface area contributed by atoms with Crippen LogP contribution in [0.5, 0.6) is 0 Å². The maximum Gasteiger partial charge on any atom is 0.126 e. The van der Waals surface area contributed by atoms with E-state index in [1.54, 1.807) is 6.07 Å². The molecule has 0 radical (unpaired) electrons. The number of rotatable bonds is 15. The van der Waals surface area contributed by atoms with E-state index in [1.165, 1.54) is 94.7 Å². The van der Waals surface area contributed by atoms with Gasteiger partial charge < -0.3 is 5.32 Å². The lowest BCUT2D eigenvalue weighted by Crippen LogP contribution is -2.15. The van der Waals surface area contributed by atoms with Crippen LogP contribution in [0.15, 0.2) is 42.6 Å². The molecule has 2 heteroatoms. The first-order valence-corrected chi connectivity index (χ1v) is 13.3. The summed E-state index contributed by atoms with van der Waals surface area (Å²) in [4.78, 5) is 0. The molecule has 178 valence electrons. The summed E-state index contributed by atoms with van der Waals surface area (Å²) >= 11 is 0. The summed E-state index contributed by atoms with van der Waals surface area (Å²) in [5.74, 6) is 1.41. The number of hydrogen-bond acceptors (Lipinski definition) is 1. The van der Waals surface area contributed by atoms with Crippen LogP contribution in [0.2, 0.25) is 0 Å². The molecule has 0 amide bonds. The highest BCUT2D eigenvalue weighted by Crippen LogP contribution is 2.52. The lowest BCUT2D eigenvalue weighted by molar-refractivity contribution is 0.455. The Morgan fingerprint density at radius 3 is 2.66 bits per heavy atom. The monoisotopic (exact) mass is 439 g/mol. The lowest BCUT2D eigenvalue weighted by Gasteiger charge is -2.20. The first-order chi connectivity index (χ1) is 15.6. The highest BCUT2D eigenvalue weighted by atomic mass is 19.1. The van der Waals surface area contributed by atoms with Crippen LogP contribution in [0.3, 0.4) is 0 Å². The zero-order valence-corrected chi connectivity index (χ0v) is 20.7. The summed E-state index contributed by atoms with van der Waals surface area (Å²) in [5, 5.41) is 3.28. The molecule has 0 saturated heterocycles. The molecule has 0 aliphatic heterocycles. The third-order valence-electron chi connectivity index (χ3n) is 8.25. The normalized spacial score (nSPS) is 18.8. The van der Waals surface area contributed by atoms with Crippen molar-refractivity contribution in [2.75, 3.05) is 7.05 Å². The van der Waals surface area contributed by atoms with E-state index in [-0.39, 0.29) is 5.82 Å². The van der Waals surface area contributed by atoms with Crippen LogP contribution >= 0.6 is 0 Å². The predicted molar refractivity (Wildman–Crippen MR) is 136 cm³/mol. The Morgan fingerprint density at radius 2 is 1.97 bits per heavy atom. The first kappa shape index (κ1) is 25.1. The van der Waals surface area contributed by atoms with Gasteiger partial charge in [0.2, 0.25) is 0 Å². The van der Waals surface area contributed by atoms with Crippen molar-refractivity contribution in [3.63, 3.8) is 0 Å². The summed E-state index contributed by atoms with van der Waals surface area (Å²) in [5.41, 5.74) is 3.91. The third-order valence-corrected chi connectivity index (χ3v) is 8.25. The topological polar surface area (TPSA) is 12.0 Å². The molecule has 0 spiro atoms. The van der Waals surface area contributed by atoms with E-state index in [0.29, 0.717) is 11.3 Å². The van der Waals surface area contributed by atoms with Crippen molar-refractivity contribution in [2.45, 2.75) is 109 Å². The fourth-order valence-corrected chi connectivity index (χ4v) is 5.78. The van der Waals surface area contributed by atoms with Gasteiger partial charge >= 0.3 is 0 Å². The molecule has 1 unspecified atom stereocenters. The SMILES string of the molecule is C=C(NC)C(CC/C=C/C)CCCCCC1(c2ccc(F)c(CCC3CCCC3)c2)CC1. The summed E-state index contributed by atoms with van der Waals surface area (Å²) in [6.45, 7) is 6.32. The van der Waals surface area contributed by atoms with Gasteiger partial charge in [0.25, 0.3) is 0 Å². The Labute approximate surface area is 197 Å². The number of aryl methyl sites for hydroxylation is 1. The van der Waals surface area contributed by atoms with Gasteiger partial charge in [-0.3, -0.25) is 0 Å². The van der Waals surface area contributed by atoms with Crippen molar-refractivity contribution in [3.05, 3.63) is 59.6 Å². The number of allylic oxidation sites excluding steroid dienone is 3. The molecule has 2 fully saturated rings. The largest absolute Gasteiger partial charge is 0.392 e. The molecule has 0 bridgehead atoms. The zero-order valence-electron chi connectivity index (χ0n) is 20.7. The average molecular weight is 440 g/mol. The second-order valence-corrected chi connectivity index (χ2v) is 10.5. The number of hydrogen-bond donors (Lipinski definition) is 1. The minimum atomic E-state index is 0.0104. The molecular formula is C30H46FN. The Balaban J connectivity index is 1.45. The molecule has 2 aliphatic carbocycles. The van der Waals surface area contributed by atoms with Crippen molar-refractivity contribution in [2.24, 2.45) is 11.8 Å². The van der Waals surface area contributed by atoms with Gasteiger partial charge in [0.05, 0.1) is 0 Å². The lowest BCUT2D eigenvalue weighted by atomic mass is 9.87. The van der Waals surface area contributed by atoms with Crippen molar-refractivity contribution in [1.82, 2.24) is 5.32 Å². The van der Waals surface area contributed by atoms with Gasteiger partial charge in [-0.15, -0.1) is 0 Å². The second-order valence-electron chi connectivity index (χ2n) is 10.5. The number of benzene rings is 1. The van der Waals surface area contributed by atoms with Crippen LogP contribution in [0.25, 0.3) is 0 Å². The smallest absolute Gasteiger partial charge is 0.126 e. The maximum absolute atomic E-state index is 14.5. The van der Waals surface area contributed by atoms with Gasteiger partial charge in [0, 0.05) is 12.7 Å². The van der Waals surface area contributed by atoms with Crippen LogP contribution in [0.4, 0.5) is 4.39 Å². The van der Waals surface area contributed by atoms with Gasteiger partial charge in [-0.2, -0.15) is 0 Å². The molecule has 0 aromatic heterocycles. The van der Waals surface area contributed by atoms with Crippen molar-refractivity contribution in [3.8, 4) is 0 Å². The summed E-state index contributed by atoms with van der Waals surface area (Å²) in [7, 11) is 1.99. The molecule has 3 rings (SSSR count). The molecule has 1 aromatic rings. The highest BCUT2D eigenvalue weighted by Gasteiger charge is 2.43. The Morgan fingerprint density at radius 1 is 1.19 bits per heavy atom. The van der Waals surface area contributed by atoms with E-state index in [9.17, 15) is 4.39 Å². The minimum absolute atomic E-state index is 0.0104. The molecular weight excluding hydrogens is 393 g/mol. The number of halogens is 1. The van der Waals surface area contributed by atoms with E-state index in [2.05, 4.69) is 43.1 Å². The zero-order chi connectivity index (χ0) is 22.8. The molecule has 1 N–H and O–H groups in total. The summed E-state index contributed by atoms with van der Waals surface area (Å²) in [6.07, 6.45) is 23.1. The Hall–Kier alpha value is -1.57. The van der Waals surface area contributed by atoms with Crippen LogP contribution < -0.4 is 5.32 Å². The van der Waals surface area contributed by atoms with Crippen molar-refractivity contribution < 1.29 is 4.39 Å². The van der Waals surface area contributed by atoms with Crippen LogP contribution in [0, 0.1) is 17.7 Å². The van der Waals surface area contributed by atoms with E-state index in [1.807, 2.05) is 7.05 Å². The van der Waals surface area contributed by atoms with E-state index < -0.39 is 0 Å². The van der Waals surface area contributed by atoms with Crippen molar-refractivity contribution >= 4 is 0 Å². The summed E-state index contributed by atoms with van der Waals surface area (Å²) in [6, 6.07) is 6.05. The maximum atomic E-state index is 14.5. The van der Waals surface area contributed by atoms with Gasteiger partial charge in [0.15, 0.2) is 0 Å². The first-order valence-electron chi connectivity index (χ1n) is 13.3. The predicted octanol–water partition coefficient (Wildman–Crippen LogP) is 8.64. The molecule has 0 heterocycles. The van der Waals surface area contributed by atoms with Gasteiger partial charge in [-0.05, 0) is 92.7 Å². The van der Waals surface area contributed by atoms with E-state index in [0.717, 1.165) is 24.3 Å². The quantitative estimate of drug-likeness (QED) is 0.213. The van der Waals surface area contributed by atoms with E-state index in [4.69, 9.17) is 0 Å².